The third-order valence-electron chi connectivity index (χ3n) is 3.98. The highest BCUT2D eigenvalue weighted by Gasteiger charge is 2.29. The molecule has 0 heterocycles. The number of rotatable bonds is 6. The molecule has 1 aromatic carbocycles. The minimum absolute atomic E-state index is 0.0200. The topological polar surface area (TPSA) is 49.3 Å². The number of aliphatic hydroxyl groups is 1. The van der Waals surface area contributed by atoms with Gasteiger partial charge in [-0.3, -0.25) is 4.79 Å². The van der Waals surface area contributed by atoms with Crippen molar-refractivity contribution in [2.45, 2.75) is 50.4 Å². The smallest absolute Gasteiger partial charge is 0.230 e. The van der Waals surface area contributed by atoms with Gasteiger partial charge >= 0.3 is 0 Å². The molecule has 0 aromatic heterocycles. The van der Waals surface area contributed by atoms with E-state index in [9.17, 15) is 9.90 Å². The number of benzene rings is 1. The number of carbonyl (C=O) groups excluding carboxylic acids is 1. The van der Waals surface area contributed by atoms with E-state index in [1.54, 1.807) is 11.8 Å². The van der Waals surface area contributed by atoms with Gasteiger partial charge in [0.1, 0.15) is 0 Å². The van der Waals surface area contributed by atoms with Crippen molar-refractivity contribution < 1.29 is 9.90 Å². The number of hydrogen-bond donors (Lipinski definition) is 2. The van der Waals surface area contributed by atoms with Crippen LogP contribution in [0.5, 0.6) is 0 Å². The van der Waals surface area contributed by atoms with Gasteiger partial charge in [-0.1, -0.05) is 49.1 Å². The van der Waals surface area contributed by atoms with Gasteiger partial charge in [0.15, 0.2) is 0 Å². The van der Waals surface area contributed by atoms with Crippen molar-refractivity contribution >= 4 is 17.7 Å². The lowest BCUT2D eigenvalue weighted by atomic mass is 9.85. The van der Waals surface area contributed by atoms with Crippen LogP contribution in [0.15, 0.2) is 24.3 Å². The third-order valence-corrected chi connectivity index (χ3v) is 4.99. The van der Waals surface area contributed by atoms with E-state index in [2.05, 4.69) is 30.4 Å². The van der Waals surface area contributed by atoms with Crippen molar-refractivity contribution in [3.8, 4) is 0 Å². The molecule has 1 aliphatic rings. The molecule has 0 radical (unpaired) electrons. The Hall–Kier alpha value is -1.00. The maximum atomic E-state index is 11.8. The van der Waals surface area contributed by atoms with Crippen LogP contribution in [0.2, 0.25) is 0 Å². The lowest BCUT2D eigenvalue weighted by Crippen LogP contribution is -2.44. The minimum Gasteiger partial charge on any atom is -0.388 e. The van der Waals surface area contributed by atoms with Crippen LogP contribution in [0.4, 0.5) is 0 Å². The van der Waals surface area contributed by atoms with E-state index in [0.717, 1.165) is 31.4 Å². The SMILES string of the molecule is Cc1cccc(CSCC(=O)NCC2(O)CCCCC2)c1. The van der Waals surface area contributed by atoms with Crippen LogP contribution >= 0.6 is 11.8 Å². The molecule has 21 heavy (non-hydrogen) atoms. The van der Waals surface area contributed by atoms with E-state index in [4.69, 9.17) is 0 Å². The molecule has 0 bridgehead atoms. The number of thioether (sulfide) groups is 1. The largest absolute Gasteiger partial charge is 0.388 e. The summed E-state index contributed by atoms with van der Waals surface area (Å²) in [5, 5.41) is 13.2. The fourth-order valence-corrected chi connectivity index (χ4v) is 3.57. The van der Waals surface area contributed by atoms with Crippen molar-refractivity contribution in [2.75, 3.05) is 12.3 Å². The van der Waals surface area contributed by atoms with Gasteiger partial charge in [0, 0.05) is 12.3 Å². The maximum absolute atomic E-state index is 11.8. The van der Waals surface area contributed by atoms with Crippen molar-refractivity contribution in [3.05, 3.63) is 35.4 Å². The normalized spacial score (nSPS) is 17.4. The highest BCUT2D eigenvalue weighted by atomic mass is 32.2. The Morgan fingerprint density at radius 3 is 2.81 bits per heavy atom. The standard InChI is InChI=1S/C17H25NO2S/c1-14-6-5-7-15(10-14)11-21-12-16(19)18-13-17(20)8-3-2-4-9-17/h5-7,10,20H,2-4,8-9,11-13H2,1H3,(H,18,19). The number of nitrogens with one attached hydrogen (secondary N) is 1. The van der Waals surface area contributed by atoms with E-state index in [1.807, 2.05) is 6.07 Å². The molecule has 1 aromatic rings. The molecule has 1 amide bonds. The molecule has 3 nitrogen and oxygen atoms in total. The van der Waals surface area contributed by atoms with E-state index in [1.165, 1.54) is 17.5 Å². The van der Waals surface area contributed by atoms with Gasteiger partial charge in [0.05, 0.1) is 11.4 Å². The summed E-state index contributed by atoms with van der Waals surface area (Å²) < 4.78 is 0. The van der Waals surface area contributed by atoms with E-state index in [0.29, 0.717) is 12.3 Å². The summed E-state index contributed by atoms with van der Waals surface area (Å²) in [6.07, 6.45) is 4.94. The molecule has 1 aliphatic carbocycles. The summed E-state index contributed by atoms with van der Waals surface area (Å²) in [7, 11) is 0. The summed E-state index contributed by atoms with van der Waals surface area (Å²) in [6, 6.07) is 8.36. The number of aryl methyl sites for hydroxylation is 1. The number of amides is 1. The lowest BCUT2D eigenvalue weighted by Gasteiger charge is -2.32. The summed E-state index contributed by atoms with van der Waals surface area (Å²) >= 11 is 1.62. The van der Waals surface area contributed by atoms with Gasteiger partial charge in [0.25, 0.3) is 0 Å². The Bertz CT molecular complexity index is 470. The highest BCUT2D eigenvalue weighted by Crippen LogP contribution is 2.27. The Morgan fingerprint density at radius 1 is 1.33 bits per heavy atom. The molecule has 0 aliphatic heterocycles. The van der Waals surface area contributed by atoms with Gasteiger partial charge in [-0.15, -0.1) is 11.8 Å². The Morgan fingerprint density at radius 2 is 2.10 bits per heavy atom. The van der Waals surface area contributed by atoms with Crippen LogP contribution < -0.4 is 5.32 Å². The number of carbonyl (C=O) groups is 1. The summed E-state index contributed by atoms with van der Waals surface area (Å²) in [4.78, 5) is 11.8. The second-order valence-electron chi connectivity index (χ2n) is 6.04. The molecule has 116 valence electrons. The molecule has 0 unspecified atom stereocenters. The first kappa shape index (κ1) is 16.4. The van der Waals surface area contributed by atoms with Crippen LogP contribution in [0, 0.1) is 6.92 Å². The summed E-state index contributed by atoms with van der Waals surface area (Å²) in [5.41, 5.74) is 1.82. The lowest BCUT2D eigenvalue weighted by molar-refractivity contribution is -0.120. The van der Waals surface area contributed by atoms with Crippen molar-refractivity contribution in [1.82, 2.24) is 5.32 Å². The van der Waals surface area contributed by atoms with Gasteiger partial charge in [-0.2, -0.15) is 0 Å². The first-order valence-electron chi connectivity index (χ1n) is 7.70. The third kappa shape index (κ3) is 5.71. The zero-order valence-electron chi connectivity index (χ0n) is 12.7. The zero-order valence-corrected chi connectivity index (χ0v) is 13.5. The van der Waals surface area contributed by atoms with Gasteiger partial charge in [-0.05, 0) is 25.3 Å². The molecular weight excluding hydrogens is 282 g/mol. The zero-order chi connectivity index (χ0) is 15.1. The van der Waals surface area contributed by atoms with Crippen molar-refractivity contribution in [3.63, 3.8) is 0 Å². The molecule has 4 heteroatoms. The van der Waals surface area contributed by atoms with Gasteiger partial charge < -0.3 is 10.4 Å². The molecule has 0 saturated heterocycles. The Labute approximate surface area is 131 Å². The van der Waals surface area contributed by atoms with Crippen molar-refractivity contribution in [2.24, 2.45) is 0 Å². The van der Waals surface area contributed by atoms with Gasteiger partial charge in [-0.25, -0.2) is 0 Å². The van der Waals surface area contributed by atoms with Crippen LogP contribution in [0.3, 0.4) is 0 Å². The fraction of sp³-hybridized carbons (Fsp3) is 0.588. The monoisotopic (exact) mass is 307 g/mol. The molecular formula is C17H25NO2S. The van der Waals surface area contributed by atoms with Crippen LogP contribution in [0.25, 0.3) is 0 Å². The average Bonchev–Trinajstić information content (AvgIpc) is 2.46. The molecule has 2 N–H and O–H groups in total. The van der Waals surface area contributed by atoms with Crippen LogP contribution in [-0.2, 0) is 10.5 Å². The second kappa shape index (κ2) is 7.85. The predicted octanol–water partition coefficient (Wildman–Crippen LogP) is 3.04. The highest BCUT2D eigenvalue weighted by molar-refractivity contribution is 7.99. The maximum Gasteiger partial charge on any atom is 0.230 e. The molecule has 0 atom stereocenters. The Balaban J connectivity index is 1.65. The molecule has 1 saturated carbocycles. The minimum atomic E-state index is -0.672. The predicted molar refractivity (Wildman–Crippen MR) is 88.4 cm³/mol. The average molecular weight is 307 g/mol. The van der Waals surface area contributed by atoms with E-state index >= 15 is 0 Å². The van der Waals surface area contributed by atoms with E-state index < -0.39 is 5.60 Å². The van der Waals surface area contributed by atoms with Crippen LogP contribution in [-0.4, -0.2) is 28.9 Å². The van der Waals surface area contributed by atoms with E-state index in [-0.39, 0.29) is 5.91 Å². The number of hydrogen-bond acceptors (Lipinski definition) is 3. The van der Waals surface area contributed by atoms with Crippen molar-refractivity contribution in [1.29, 1.82) is 0 Å². The first-order chi connectivity index (χ1) is 10.1. The molecule has 2 rings (SSSR count). The quantitative estimate of drug-likeness (QED) is 0.849. The fourth-order valence-electron chi connectivity index (χ4n) is 2.76. The summed E-state index contributed by atoms with van der Waals surface area (Å²) in [5.74, 6) is 1.32. The van der Waals surface area contributed by atoms with Crippen LogP contribution in [0.1, 0.15) is 43.2 Å². The first-order valence-corrected chi connectivity index (χ1v) is 8.85. The molecule has 1 fully saturated rings. The Kier molecular flexibility index (Phi) is 6.12. The second-order valence-corrected chi connectivity index (χ2v) is 7.03. The summed E-state index contributed by atoms with van der Waals surface area (Å²) in [6.45, 7) is 2.47. The van der Waals surface area contributed by atoms with Gasteiger partial charge in [0.2, 0.25) is 5.91 Å². The molecule has 0 spiro atoms.